The molecule has 1 aliphatic heterocycles. The van der Waals surface area contributed by atoms with Crippen LogP contribution in [0.3, 0.4) is 0 Å². The van der Waals surface area contributed by atoms with Gasteiger partial charge in [0.15, 0.2) is 0 Å². The van der Waals surface area contributed by atoms with Crippen LogP contribution in [-0.4, -0.2) is 38.1 Å². The first-order valence-corrected chi connectivity index (χ1v) is 8.41. The predicted octanol–water partition coefficient (Wildman–Crippen LogP) is 1.73. The van der Waals surface area contributed by atoms with Crippen molar-refractivity contribution in [2.75, 3.05) is 6.61 Å². The average molecular weight is 351 g/mol. The lowest BCUT2D eigenvalue weighted by molar-refractivity contribution is 0.0526. The summed E-state index contributed by atoms with van der Waals surface area (Å²) >= 11 is 0. The van der Waals surface area contributed by atoms with Crippen LogP contribution in [0.15, 0.2) is 40.2 Å². The molecule has 3 aromatic rings. The maximum absolute atomic E-state index is 12.0. The van der Waals surface area contributed by atoms with Crippen LogP contribution in [0.25, 0.3) is 10.9 Å². The van der Waals surface area contributed by atoms with E-state index in [0.717, 1.165) is 10.9 Å². The number of aromatic nitrogens is 4. The molecule has 0 unspecified atom stereocenters. The Labute approximate surface area is 148 Å². The Morgan fingerprint density at radius 3 is 3.04 bits per heavy atom. The monoisotopic (exact) mass is 351 g/mol. The Morgan fingerprint density at radius 2 is 2.19 bits per heavy atom. The van der Waals surface area contributed by atoms with E-state index in [1.54, 1.807) is 37.5 Å². The highest BCUT2D eigenvalue weighted by molar-refractivity contribution is 5.94. The van der Waals surface area contributed by atoms with Crippen LogP contribution in [0.5, 0.6) is 0 Å². The molecule has 0 amide bonds. The molecular weight excluding hydrogens is 334 g/mol. The zero-order valence-electron chi connectivity index (χ0n) is 14.3. The standard InChI is InChI=1S/C18H17N5O3/c1-2-26-17(25)12-3-4-15-13(9-12)11-20-23(15)7-5-14-10-16(24)22-8-6-19-18(22)21-14/h3-4,6,9-11H,2,5,7-8H2,1H3. The third-order valence-electron chi connectivity index (χ3n) is 4.24. The van der Waals surface area contributed by atoms with E-state index in [-0.39, 0.29) is 11.5 Å². The van der Waals surface area contributed by atoms with E-state index < -0.39 is 0 Å². The number of rotatable bonds is 5. The van der Waals surface area contributed by atoms with E-state index in [9.17, 15) is 9.59 Å². The molecule has 0 atom stereocenters. The van der Waals surface area contributed by atoms with Gasteiger partial charge in [0.1, 0.15) is 0 Å². The molecule has 0 N–H and O–H groups in total. The van der Waals surface area contributed by atoms with Crippen LogP contribution in [0.2, 0.25) is 0 Å². The fraction of sp³-hybridized carbons (Fsp3) is 0.278. The van der Waals surface area contributed by atoms with Gasteiger partial charge in [0.2, 0.25) is 5.95 Å². The summed E-state index contributed by atoms with van der Waals surface area (Å²) < 4.78 is 8.38. The Bertz CT molecular complexity index is 1080. The molecule has 8 nitrogen and oxygen atoms in total. The molecule has 1 aromatic carbocycles. The average Bonchev–Trinajstić information content (AvgIpc) is 3.26. The largest absolute Gasteiger partial charge is 0.462 e. The summed E-state index contributed by atoms with van der Waals surface area (Å²) in [6.07, 6.45) is 3.96. The second-order valence-corrected chi connectivity index (χ2v) is 5.92. The van der Waals surface area contributed by atoms with Crippen molar-refractivity contribution in [3.63, 3.8) is 0 Å². The predicted molar refractivity (Wildman–Crippen MR) is 96.0 cm³/mol. The van der Waals surface area contributed by atoms with Crippen molar-refractivity contribution in [1.29, 1.82) is 0 Å². The van der Waals surface area contributed by atoms with E-state index >= 15 is 0 Å². The molecule has 0 spiro atoms. The molecule has 0 bridgehead atoms. The molecule has 4 rings (SSSR count). The van der Waals surface area contributed by atoms with Gasteiger partial charge in [-0.15, -0.1) is 0 Å². The maximum Gasteiger partial charge on any atom is 0.338 e. The van der Waals surface area contributed by atoms with Crippen LogP contribution in [0.1, 0.15) is 23.0 Å². The van der Waals surface area contributed by atoms with Crippen LogP contribution < -0.4 is 5.56 Å². The highest BCUT2D eigenvalue weighted by Crippen LogP contribution is 2.17. The number of esters is 1. The number of hydrogen-bond acceptors (Lipinski definition) is 6. The summed E-state index contributed by atoms with van der Waals surface area (Å²) in [5.74, 6) is 0.113. The number of carbonyl (C=O) groups is 1. The summed E-state index contributed by atoms with van der Waals surface area (Å²) in [7, 11) is 0. The zero-order valence-corrected chi connectivity index (χ0v) is 14.3. The van der Waals surface area contributed by atoms with Crippen molar-refractivity contribution in [2.45, 2.75) is 26.4 Å². The van der Waals surface area contributed by atoms with Gasteiger partial charge in [0.25, 0.3) is 5.56 Å². The lowest BCUT2D eigenvalue weighted by atomic mass is 10.1. The van der Waals surface area contributed by atoms with Gasteiger partial charge in [-0.05, 0) is 25.1 Å². The van der Waals surface area contributed by atoms with Gasteiger partial charge in [-0.3, -0.25) is 14.0 Å². The van der Waals surface area contributed by atoms with Gasteiger partial charge in [0, 0.05) is 30.6 Å². The minimum absolute atomic E-state index is 0.0908. The summed E-state index contributed by atoms with van der Waals surface area (Å²) in [6.45, 7) is 3.17. The highest BCUT2D eigenvalue weighted by atomic mass is 16.5. The van der Waals surface area contributed by atoms with Crippen molar-refractivity contribution in [2.24, 2.45) is 4.99 Å². The topological polar surface area (TPSA) is 91.4 Å². The quantitative estimate of drug-likeness (QED) is 0.653. The second-order valence-electron chi connectivity index (χ2n) is 5.92. The van der Waals surface area contributed by atoms with Gasteiger partial charge >= 0.3 is 5.97 Å². The first-order chi connectivity index (χ1) is 12.7. The SMILES string of the molecule is CCOC(=O)c1ccc2c(cnn2CCc2cc(=O)n3c(n2)N=CC3)c1. The second kappa shape index (κ2) is 6.55. The summed E-state index contributed by atoms with van der Waals surface area (Å²) in [6, 6.07) is 6.89. The van der Waals surface area contributed by atoms with Crippen LogP contribution in [-0.2, 0) is 24.2 Å². The minimum Gasteiger partial charge on any atom is -0.462 e. The van der Waals surface area contributed by atoms with Gasteiger partial charge in [-0.25, -0.2) is 14.8 Å². The summed E-state index contributed by atoms with van der Waals surface area (Å²) in [4.78, 5) is 32.4. The van der Waals surface area contributed by atoms with Crippen molar-refractivity contribution in [3.8, 4) is 0 Å². The number of hydrogen-bond donors (Lipinski definition) is 0. The molecule has 26 heavy (non-hydrogen) atoms. The van der Waals surface area contributed by atoms with Crippen molar-refractivity contribution in [3.05, 3.63) is 52.1 Å². The maximum atomic E-state index is 12.0. The Hall–Kier alpha value is -3.29. The van der Waals surface area contributed by atoms with E-state index in [1.807, 2.05) is 10.7 Å². The van der Waals surface area contributed by atoms with Crippen molar-refractivity contribution < 1.29 is 9.53 Å². The van der Waals surface area contributed by atoms with Gasteiger partial charge in [0.05, 0.1) is 36.1 Å². The van der Waals surface area contributed by atoms with E-state index in [4.69, 9.17) is 4.74 Å². The Balaban J connectivity index is 1.55. The normalized spacial score (nSPS) is 12.5. The molecule has 1 aliphatic rings. The molecule has 0 aliphatic carbocycles. The number of fused-ring (bicyclic) bond motifs is 2. The smallest absolute Gasteiger partial charge is 0.338 e. The first-order valence-electron chi connectivity index (χ1n) is 8.41. The third kappa shape index (κ3) is 2.90. The molecule has 3 heterocycles. The number of benzene rings is 1. The molecule has 0 radical (unpaired) electrons. The fourth-order valence-corrected chi connectivity index (χ4v) is 2.97. The summed E-state index contributed by atoms with van der Waals surface area (Å²) in [5, 5.41) is 5.24. The number of aryl methyl sites for hydroxylation is 2. The molecular formula is C18H17N5O3. The van der Waals surface area contributed by atoms with E-state index in [1.165, 1.54) is 4.57 Å². The lowest BCUT2D eigenvalue weighted by Gasteiger charge is -2.06. The zero-order chi connectivity index (χ0) is 18.1. The number of aliphatic imine (C=N–C) groups is 1. The van der Waals surface area contributed by atoms with Crippen LogP contribution in [0.4, 0.5) is 5.95 Å². The van der Waals surface area contributed by atoms with Gasteiger partial charge < -0.3 is 4.74 Å². The minimum atomic E-state index is -0.342. The summed E-state index contributed by atoms with van der Waals surface area (Å²) in [5.41, 5.74) is 2.01. The van der Waals surface area contributed by atoms with Crippen molar-refractivity contribution >= 4 is 29.0 Å². The van der Waals surface area contributed by atoms with E-state index in [0.29, 0.717) is 43.3 Å². The third-order valence-corrected chi connectivity index (χ3v) is 4.24. The molecule has 8 heteroatoms. The van der Waals surface area contributed by atoms with E-state index in [2.05, 4.69) is 15.1 Å². The van der Waals surface area contributed by atoms with Crippen molar-refractivity contribution in [1.82, 2.24) is 19.3 Å². The number of carbonyl (C=O) groups excluding carboxylic acids is 1. The molecule has 0 saturated carbocycles. The molecule has 0 saturated heterocycles. The van der Waals surface area contributed by atoms with Crippen LogP contribution in [0, 0.1) is 0 Å². The Kier molecular flexibility index (Phi) is 4.08. The number of nitrogens with zero attached hydrogens (tertiary/aromatic N) is 5. The first kappa shape index (κ1) is 16.2. The molecule has 2 aromatic heterocycles. The van der Waals surface area contributed by atoms with Crippen LogP contribution >= 0.6 is 0 Å². The van der Waals surface area contributed by atoms with Gasteiger partial charge in [-0.1, -0.05) is 0 Å². The Morgan fingerprint density at radius 1 is 1.31 bits per heavy atom. The molecule has 0 fully saturated rings. The fourth-order valence-electron chi connectivity index (χ4n) is 2.97. The lowest BCUT2D eigenvalue weighted by Crippen LogP contribution is -2.20. The highest BCUT2D eigenvalue weighted by Gasteiger charge is 2.13. The molecule has 132 valence electrons. The van der Waals surface area contributed by atoms with Gasteiger partial charge in [-0.2, -0.15) is 5.10 Å². The number of ether oxygens (including phenoxy) is 1.